The first kappa shape index (κ1) is 24.2. The SMILES string of the molecule is CCOC(=O)Cc1ccccc1OCC1=CC2(CCCC2)c2ccc(-c3ccc4ccnc(N)c4c3)cc21. The van der Waals surface area contributed by atoms with E-state index in [2.05, 4.69) is 47.5 Å². The van der Waals surface area contributed by atoms with E-state index < -0.39 is 0 Å². The Morgan fingerprint density at radius 3 is 2.63 bits per heavy atom. The van der Waals surface area contributed by atoms with Gasteiger partial charge >= 0.3 is 5.97 Å². The minimum absolute atomic E-state index is 0.0920. The molecule has 0 amide bonds. The molecule has 0 saturated heterocycles. The van der Waals surface area contributed by atoms with Gasteiger partial charge in [-0.3, -0.25) is 4.79 Å². The fraction of sp³-hybridized carbons (Fsp3) is 0.273. The summed E-state index contributed by atoms with van der Waals surface area (Å²) in [6, 6.07) is 22.9. The zero-order chi connectivity index (χ0) is 26.1. The second-order valence-corrected chi connectivity index (χ2v) is 10.3. The van der Waals surface area contributed by atoms with Gasteiger partial charge in [-0.05, 0) is 77.2 Å². The number of anilines is 1. The summed E-state index contributed by atoms with van der Waals surface area (Å²) in [5, 5.41) is 2.05. The van der Waals surface area contributed by atoms with Gasteiger partial charge in [0.05, 0.1) is 13.0 Å². The molecule has 3 aromatic carbocycles. The van der Waals surface area contributed by atoms with E-state index in [-0.39, 0.29) is 17.8 Å². The molecule has 5 nitrogen and oxygen atoms in total. The Balaban J connectivity index is 1.33. The van der Waals surface area contributed by atoms with Gasteiger partial charge in [-0.25, -0.2) is 4.98 Å². The number of carbonyl (C=O) groups excluding carboxylic acids is 1. The average molecular weight is 505 g/mol. The molecule has 2 aliphatic rings. The molecule has 4 aromatic rings. The molecule has 2 N–H and O–H groups in total. The highest BCUT2D eigenvalue weighted by Crippen LogP contribution is 2.51. The second kappa shape index (κ2) is 9.97. The van der Waals surface area contributed by atoms with Gasteiger partial charge in [0.2, 0.25) is 0 Å². The van der Waals surface area contributed by atoms with Crippen molar-refractivity contribution in [3.63, 3.8) is 0 Å². The number of allylic oxidation sites excluding steroid dienone is 1. The Hall–Kier alpha value is -4.12. The number of rotatable bonds is 7. The predicted octanol–water partition coefficient (Wildman–Crippen LogP) is 6.88. The van der Waals surface area contributed by atoms with Crippen LogP contribution in [-0.2, 0) is 21.4 Å². The molecule has 1 saturated carbocycles. The van der Waals surface area contributed by atoms with Crippen molar-refractivity contribution in [3.8, 4) is 16.9 Å². The Bertz CT molecular complexity index is 1550. The van der Waals surface area contributed by atoms with Gasteiger partial charge in [-0.2, -0.15) is 0 Å². The Morgan fingerprint density at radius 2 is 1.79 bits per heavy atom. The Morgan fingerprint density at radius 1 is 1.00 bits per heavy atom. The molecule has 1 spiro atoms. The largest absolute Gasteiger partial charge is 0.489 e. The topological polar surface area (TPSA) is 74.4 Å². The molecule has 5 heteroatoms. The number of carbonyl (C=O) groups is 1. The number of benzene rings is 3. The number of nitrogen functional groups attached to an aromatic ring is 1. The highest BCUT2D eigenvalue weighted by atomic mass is 16.5. The van der Waals surface area contributed by atoms with E-state index in [0.29, 0.717) is 19.0 Å². The molecular weight excluding hydrogens is 472 g/mol. The molecule has 0 atom stereocenters. The molecule has 38 heavy (non-hydrogen) atoms. The molecule has 1 heterocycles. The van der Waals surface area contributed by atoms with Crippen LogP contribution in [0.15, 0.2) is 79.0 Å². The maximum absolute atomic E-state index is 12.1. The van der Waals surface area contributed by atoms with E-state index in [0.717, 1.165) is 33.2 Å². The molecule has 2 aliphatic carbocycles. The van der Waals surface area contributed by atoms with E-state index in [4.69, 9.17) is 15.2 Å². The van der Waals surface area contributed by atoms with Crippen molar-refractivity contribution in [2.24, 2.45) is 0 Å². The van der Waals surface area contributed by atoms with Crippen LogP contribution in [0.4, 0.5) is 5.82 Å². The normalized spacial score (nSPS) is 15.4. The number of hydrogen-bond donors (Lipinski definition) is 1. The summed E-state index contributed by atoms with van der Waals surface area (Å²) in [6.45, 7) is 2.64. The molecule has 0 aliphatic heterocycles. The lowest BCUT2D eigenvalue weighted by molar-refractivity contribution is -0.142. The second-order valence-electron chi connectivity index (χ2n) is 10.3. The maximum Gasteiger partial charge on any atom is 0.310 e. The van der Waals surface area contributed by atoms with Crippen LogP contribution >= 0.6 is 0 Å². The fourth-order valence-electron chi connectivity index (χ4n) is 6.14. The zero-order valence-corrected chi connectivity index (χ0v) is 21.7. The van der Waals surface area contributed by atoms with Crippen molar-refractivity contribution in [2.45, 2.75) is 44.4 Å². The monoisotopic (exact) mass is 504 g/mol. The van der Waals surface area contributed by atoms with E-state index in [1.165, 1.54) is 42.4 Å². The van der Waals surface area contributed by atoms with Crippen LogP contribution in [0.2, 0.25) is 0 Å². The number of nitrogens with two attached hydrogens (primary N) is 1. The van der Waals surface area contributed by atoms with Crippen molar-refractivity contribution >= 4 is 28.1 Å². The third-order valence-corrected chi connectivity index (χ3v) is 7.97. The lowest BCUT2D eigenvalue weighted by Crippen LogP contribution is -2.16. The number of fused-ring (bicyclic) bond motifs is 3. The van der Waals surface area contributed by atoms with Crippen LogP contribution in [0.25, 0.3) is 27.5 Å². The zero-order valence-electron chi connectivity index (χ0n) is 21.7. The summed E-state index contributed by atoms with van der Waals surface area (Å²) in [7, 11) is 0. The van der Waals surface area contributed by atoms with E-state index in [9.17, 15) is 4.79 Å². The van der Waals surface area contributed by atoms with Crippen molar-refractivity contribution in [2.75, 3.05) is 18.9 Å². The van der Waals surface area contributed by atoms with Gasteiger partial charge in [0, 0.05) is 22.6 Å². The molecule has 0 bridgehead atoms. The van der Waals surface area contributed by atoms with Gasteiger partial charge in [-0.15, -0.1) is 0 Å². The van der Waals surface area contributed by atoms with Gasteiger partial charge in [0.15, 0.2) is 0 Å². The third-order valence-electron chi connectivity index (χ3n) is 7.97. The van der Waals surface area contributed by atoms with Gasteiger partial charge in [-0.1, -0.05) is 61.4 Å². The Labute approximate surface area is 223 Å². The number of para-hydroxylation sites is 1. The number of aromatic nitrogens is 1. The standard InChI is InChI=1S/C33H32N2O3/c1-2-37-31(36)19-25-7-3-4-8-30(25)38-21-26-20-33(14-5-6-15-33)29-12-11-24(17-27(26)29)23-10-9-22-13-16-35-32(34)28(22)18-23/h3-4,7-13,16-18,20H,2,5-6,14-15,19,21H2,1H3,(H2,34,35). The highest BCUT2D eigenvalue weighted by Gasteiger charge is 2.40. The van der Waals surface area contributed by atoms with Crippen LogP contribution in [0, 0.1) is 0 Å². The van der Waals surface area contributed by atoms with Crippen molar-refractivity contribution in [1.82, 2.24) is 4.98 Å². The third kappa shape index (κ3) is 4.43. The molecular formula is C33H32N2O3. The van der Waals surface area contributed by atoms with Crippen LogP contribution < -0.4 is 10.5 Å². The number of pyridine rings is 1. The van der Waals surface area contributed by atoms with Gasteiger partial charge in [0.1, 0.15) is 18.2 Å². The fourth-order valence-corrected chi connectivity index (χ4v) is 6.14. The van der Waals surface area contributed by atoms with Crippen LogP contribution in [-0.4, -0.2) is 24.2 Å². The first-order valence-corrected chi connectivity index (χ1v) is 13.4. The molecule has 0 radical (unpaired) electrons. The molecule has 0 unspecified atom stereocenters. The summed E-state index contributed by atoms with van der Waals surface area (Å²) < 4.78 is 11.5. The first-order chi connectivity index (χ1) is 18.6. The summed E-state index contributed by atoms with van der Waals surface area (Å²) in [5.41, 5.74) is 13.2. The number of esters is 1. The molecule has 192 valence electrons. The lowest BCUT2D eigenvalue weighted by Gasteiger charge is -2.23. The summed E-state index contributed by atoms with van der Waals surface area (Å²) in [6.07, 6.45) is 9.21. The minimum Gasteiger partial charge on any atom is -0.489 e. The summed E-state index contributed by atoms with van der Waals surface area (Å²) in [5.74, 6) is 1.03. The summed E-state index contributed by atoms with van der Waals surface area (Å²) >= 11 is 0. The molecule has 6 rings (SSSR count). The van der Waals surface area contributed by atoms with Crippen molar-refractivity contribution in [1.29, 1.82) is 0 Å². The number of nitrogens with zero attached hydrogens (tertiary/aromatic N) is 1. The first-order valence-electron chi connectivity index (χ1n) is 13.4. The van der Waals surface area contributed by atoms with Gasteiger partial charge < -0.3 is 15.2 Å². The maximum atomic E-state index is 12.1. The molecule has 1 aromatic heterocycles. The number of hydrogen-bond acceptors (Lipinski definition) is 5. The van der Waals surface area contributed by atoms with Crippen LogP contribution in [0.3, 0.4) is 0 Å². The van der Waals surface area contributed by atoms with Crippen LogP contribution in [0.5, 0.6) is 5.75 Å². The van der Waals surface area contributed by atoms with E-state index >= 15 is 0 Å². The average Bonchev–Trinajstić information content (AvgIpc) is 3.53. The lowest BCUT2D eigenvalue weighted by atomic mass is 9.80. The quantitative estimate of drug-likeness (QED) is 0.278. The minimum atomic E-state index is -0.241. The van der Waals surface area contributed by atoms with Crippen molar-refractivity contribution < 1.29 is 14.3 Å². The highest BCUT2D eigenvalue weighted by molar-refractivity contribution is 5.94. The van der Waals surface area contributed by atoms with E-state index in [1.807, 2.05) is 37.3 Å². The smallest absolute Gasteiger partial charge is 0.310 e. The summed E-state index contributed by atoms with van der Waals surface area (Å²) in [4.78, 5) is 16.4. The van der Waals surface area contributed by atoms with Crippen molar-refractivity contribution in [3.05, 3.63) is 95.7 Å². The van der Waals surface area contributed by atoms with E-state index in [1.54, 1.807) is 6.20 Å². The van der Waals surface area contributed by atoms with Crippen LogP contribution in [0.1, 0.15) is 49.3 Å². The predicted molar refractivity (Wildman–Crippen MR) is 152 cm³/mol. The number of ether oxygens (including phenoxy) is 2. The Kier molecular flexibility index (Phi) is 6.36. The van der Waals surface area contributed by atoms with Gasteiger partial charge in [0.25, 0.3) is 0 Å². The molecule has 1 fully saturated rings.